The number of aliphatic hydroxyl groups is 1. The number of rotatable bonds is 11. The van der Waals surface area contributed by atoms with Gasteiger partial charge in [-0.1, -0.05) is 43.4 Å². The number of fused-ring (bicyclic) bond motifs is 1. The molecule has 10 heteroatoms. The van der Waals surface area contributed by atoms with E-state index in [1.807, 2.05) is 43.6 Å². The zero-order chi connectivity index (χ0) is 30.7. The first-order valence-electron chi connectivity index (χ1n) is 14.4. The van der Waals surface area contributed by atoms with Crippen LogP contribution in [0.5, 0.6) is 0 Å². The van der Waals surface area contributed by atoms with Crippen molar-refractivity contribution in [2.24, 2.45) is 0 Å². The first-order chi connectivity index (χ1) is 20.5. The smallest absolute Gasteiger partial charge is 0.268 e. The van der Waals surface area contributed by atoms with Crippen LogP contribution >= 0.6 is 11.6 Å². The van der Waals surface area contributed by atoms with Crippen LogP contribution in [0.15, 0.2) is 67.1 Å². The number of hydrogen-bond donors (Lipinski definition) is 3. The number of amides is 1. The van der Waals surface area contributed by atoms with Crippen LogP contribution in [-0.4, -0.2) is 51.8 Å². The lowest BCUT2D eigenvalue weighted by atomic mass is 10.0. The Labute approximate surface area is 258 Å². The van der Waals surface area contributed by atoms with Crippen molar-refractivity contribution in [3.05, 3.63) is 94.8 Å². The quantitative estimate of drug-likeness (QED) is 0.108. The second-order valence-electron chi connectivity index (χ2n) is 12.1. The van der Waals surface area contributed by atoms with Gasteiger partial charge < -0.3 is 24.7 Å². The van der Waals surface area contributed by atoms with Gasteiger partial charge in [0.05, 0.1) is 12.6 Å². The molecule has 1 atom stereocenters. The lowest BCUT2D eigenvalue weighted by Gasteiger charge is -2.16. The van der Waals surface area contributed by atoms with Gasteiger partial charge in [-0.05, 0) is 67.4 Å². The number of nitrogens with one attached hydrogen (secondary N) is 2. The molecule has 0 saturated carbocycles. The zero-order valence-electron chi connectivity index (χ0n) is 25.2. The van der Waals surface area contributed by atoms with Gasteiger partial charge in [0.25, 0.3) is 5.91 Å². The van der Waals surface area contributed by atoms with Crippen molar-refractivity contribution in [1.82, 2.24) is 24.8 Å². The third kappa shape index (κ3) is 7.08. The molecule has 0 unspecified atom stereocenters. The SMILES string of the molecule is Cc1cc(-c2cnc3c(c2)c(-c2c[nH]c(C(=O)N[C@H](CO)c4cccc(Cl)c4)c2)c(C)n3COCC[Si](C)(C)C)ccn1. The standard InChI is InChI=1S/C33H38ClN5O3Si/c1-21-13-23(9-10-35-21)25-15-28-31(22(2)39(32(28)37-17-25)20-42-11-12-43(3,4)5)26-16-29(36-18-26)33(41)38-30(19-40)24-7-6-8-27(34)14-24/h6-10,13-18,30,36,40H,11-12,19-20H2,1-5H3,(H,38,41)/t30-/m1/s1. The average Bonchev–Trinajstić information content (AvgIpc) is 3.55. The van der Waals surface area contributed by atoms with E-state index in [0.717, 1.165) is 56.3 Å². The molecule has 0 fully saturated rings. The molecule has 0 aliphatic carbocycles. The van der Waals surface area contributed by atoms with Gasteiger partial charge >= 0.3 is 0 Å². The van der Waals surface area contributed by atoms with Gasteiger partial charge in [-0.15, -0.1) is 0 Å². The zero-order valence-corrected chi connectivity index (χ0v) is 27.0. The van der Waals surface area contributed by atoms with E-state index in [9.17, 15) is 9.90 Å². The number of aryl methyl sites for hydroxylation is 1. The Morgan fingerprint density at radius 3 is 2.63 bits per heavy atom. The normalized spacial score (nSPS) is 12.5. The molecule has 224 valence electrons. The number of pyridine rings is 2. The number of carbonyl (C=O) groups is 1. The van der Waals surface area contributed by atoms with Crippen molar-refractivity contribution in [2.45, 2.75) is 52.3 Å². The highest BCUT2D eigenvalue weighted by molar-refractivity contribution is 6.76. The van der Waals surface area contributed by atoms with Crippen molar-refractivity contribution in [1.29, 1.82) is 0 Å². The van der Waals surface area contributed by atoms with Crippen molar-refractivity contribution in [3.63, 3.8) is 0 Å². The van der Waals surface area contributed by atoms with E-state index in [0.29, 0.717) is 24.1 Å². The van der Waals surface area contributed by atoms with Crippen LogP contribution in [0.3, 0.4) is 0 Å². The highest BCUT2D eigenvalue weighted by atomic mass is 35.5. The number of halogens is 1. The molecule has 5 rings (SSSR count). The molecule has 8 nitrogen and oxygen atoms in total. The van der Waals surface area contributed by atoms with Crippen LogP contribution in [0.4, 0.5) is 0 Å². The van der Waals surface area contributed by atoms with E-state index in [1.54, 1.807) is 24.4 Å². The number of aromatic nitrogens is 4. The predicted octanol–water partition coefficient (Wildman–Crippen LogP) is 7.14. The number of H-pyrrole nitrogens is 1. The van der Waals surface area contributed by atoms with Gasteiger partial charge in [-0.3, -0.25) is 9.78 Å². The molecule has 1 amide bonds. The second-order valence-corrected chi connectivity index (χ2v) is 18.1. The molecule has 4 aromatic heterocycles. The predicted molar refractivity (Wildman–Crippen MR) is 175 cm³/mol. The van der Waals surface area contributed by atoms with E-state index in [4.69, 9.17) is 21.3 Å². The lowest BCUT2D eigenvalue weighted by Crippen LogP contribution is -2.31. The Hall–Kier alpha value is -3.76. The molecule has 0 saturated heterocycles. The van der Waals surface area contributed by atoms with Crippen molar-refractivity contribution < 1.29 is 14.6 Å². The highest BCUT2D eigenvalue weighted by Crippen LogP contribution is 2.36. The molecular weight excluding hydrogens is 578 g/mol. The van der Waals surface area contributed by atoms with E-state index >= 15 is 0 Å². The highest BCUT2D eigenvalue weighted by Gasteiger charge is 2.22. The summed E-state index contributed by atoms with van der Waals surface area (Å²) in [5.41, 5.74) is 7.73. The fraction of sp³-hybridized carbons (Fsp3) is 0.303. The largest absolute Gasteiger partial charge is 0.394 e. The van der Waals surface area contributed by atoms with Crippen molar-refractivity contribution in [2.75, 3.05) is 13.2 Å². The number of hydrogen-bond acceptors (Lipinski definition) is 5. The minimum absolute atomic E-state index is 0.257. The summed E-state index contributed by atoms with van der Waals surface area (Å²) in [6.07, 6.45) is 5.53. The number of benzene rings is 1. The van der Waals surface area contributed by atoms with Gasteiger partial charge in [0.15, 0.2) is 0 Å². The van der Waals surface area contributed by atoms with Crippen LogP contribution in [0.2, 0.25) is 30.7 Å². The first kappa shape index (κ1) is 30.7. The molecule has 43 heavy (non-hydrogen) atoms. The van der Waals surface area contributed by atoms with Gasteiger partial charge in [-0.2, -0.15) is 0 Å². The molecule has 0 spiro atoms. The Bertz CT molecular complexity index is 1760. The summed E-state index contributed by atoms with van der Waals surface area (Å²) >= 11 is 6.13. The summed E-state index contributed by atoms with van der Waals surface area (Å²) in [6.45, 7) is 11.9. The topological polar surface area (TPSA) is 105 Å². The molecule has 3 N–H and O–H groups in total. The van der Waals surface area contributed by atoms with Crippen molar-refractivity contribution in [3.8, 4) is 22.3 Å². The number of aromatic amines is 1. The molecule has 1 aromatic carbocycles. The summed E-state index contributed by atoms with van der Waals surface area (Å²) in [7, 11) is -1.23. The third-order valence-corrected chi connectivity index (χ3v) is 9.50. The fourth-order valence-electron chi connectivity index (χ4n) is 5.15. The Balaban J connectivity index is 1.50. The minimum Gasteiger partial charge on any atom is -0.394 e. The third-order valence-electron chi connectivity index (χ3n) is 7.56. The molecule has 5 aromatic rings. The van der Waals surface area contributed by atoms with Gasteiger partial charge in [-0.25, -0.2) is 4.98 Å². The van der Waals surface area contributed by atoms with Crippen LogP contribution in [0.25, 0.3) is 33.3 Å². The Morgan fingerprint density at radius 2 is 1.91 bits per heavy atom. The minimum atomic E-state index is -1.23. The molecule has 0 bridgehead atoms. The van der Waals surface area contributed by atoms with Crippen LogP contribution < -0.4 is 5.32 Å². The average molecular weight is 616 g/mol. The summed E-state index contributed by atoms with van der Waals surface area (Å²) in [5.74, 6) is -0.326. The second kappa shape index (κ2) is 12.8. The van der Waals surface area contributed by atoms with E-state index in [2.05, 4.69) is 52.5 Å². The molecule has 0 aliphatic rings. The molecule has 0 aliphatic heterocycles. The van der Waals surface area contributed by atoms with Crippen molar-refractivity contribution >= 4 is 36.6 Å². The lowest BCUT2D eigenvalue weighted by molar-refractivity contribution is 0.0887. The Morgan fingerprint density at radius 1 is 1.09 bits per heavy atom. The van der Waals surface area contributed by atoms with Gasteiger partial charge in [0, 0.05) is 71.8 Å². The summed E-state index contributed by atoms with van der Waals surface area (Å²) in [5, 5.41) is 14.4. The maximum Gasteiger partial charge on any atom is 0.268 e. The molecule has 4 heterocycles. The summed E-state index contributed by atoms with van der Waals surface area (Å²) in [4.78, 5) is 25.6. The molecule has 0 radical (unpaired) electrons. The number of ether oxygens (including phenoxy) is 1. The monoisotopic (exact) mass is 615 g/mol. The van der Waals surface area contributed by atoms with E-state index in [1.165, 1.54) is 0 Å². The Kier molecular flexibility index (Phi) is 9.17. The first-order valence-corrected chi connectivity index (χ1v) is 18.5. The van der Waals surface area contributed by atoms with Gasteiger partial charge in [0.2, 0.25) is 0 Å². The summed E-state index contributed by atoms with van der Waals surface area (Å²) < 4.78 is 8.26. The maximum absolute atomic E-state index is 13.3. The summed E-state index contributed by atoms with van der Waals surface area (Å²) in [6, 6.07) is 15.6. The number of carbonyl (C=O) groups excluding carboxylic acids is 1. The number of nitrogens with zero attached hydrogens (tertiary/aromatic N) is 3. The maximum atomic E-state index is 13.3. The van der Waals surface area contributed by atoms with Gasteiger partial charge in [0.1, 0.15) is 18.1 Å². The van der Waals surface area contributed by atoms with E-state index < -0.39 is 14.1 Å². The van der Waals surface area contributed by atoms with E-state index in [-0.39, 0.29) is 12.5 Å². The van der Waals surface area contributed by atoms with Crippen LogP contribution in [-0.2, 0) is 11.5 Å². The van der Waals surface area contributed by atoms with Crippen LogP contribution in [0.1, 0.15) is 33.5 Å². The molecular formula is C33H38ClN5O3Si. The fourth-order valence-corrected chi connectivity index (χ4v) is 6.10. The van der Waals surface area contributed by atoms with Crippen LogP contribution in [0, 0.1) is 13.8 Å². The number of aliphatic hydroxyl groups excluding tert-OH is 1.